The SMILES string of the molecule is Cc1cc2nc(CCC(C)O)[nH]c2cc1C. The number of hydrogen-bond acceptors (Lipinski definition) is 2. The zero-order valence-corrected chi connectivity index (χ0v) is 10.0. The van der Waals surface area contributed by atoms with Crippen molar-refractivity contribution in [3.63, 3.8) is 0 Å². The summed E-state index contributed by atoms with van der Waals surface area (Å²) in [5.74, 6) is 0.959. The van der Waals surface area contributed by atoms with Crippen LogP contribution < -0.4 is 0 Å². The molecule has 2 rings (SSSR count). The van der Waals surface area contributed by atoms with Gasteiger partial charge >= 0.3 is 0 Å². The third-order valence-corrected chi connectivity index (χ3v) is 2.95. The van der Waals surface area contributed by atoms with E-state index in [-0.39, 0.29) is 6.10 Å². The van der Waals surface area contributed by atoms with Gasteiger partial charge in [0.2, 0.25) is 0 Å². The first-order valence-corrected chi connectivity index (χ1v) is 5.70. The lowest BCUT2D eigenvalue weighted by Gasteiger charge is -1.99. The van der Waals surface area contributed by atoms with Gasteiger partial charge in [0.25, 0.3) is 0 Å². The Morgan fingerprint density at radius 1 is 1.31 bits per heavy atom. The third-order valence-electron chi connectivity index (χ3n) is 2.95. The Bertz CT molecular complexity index is 461. The molecule has 3 nitrogen and oxygen atoms in total. The van der Waals surface area contributed by atoms with Crippen molar-refractivity contribution in [2.45, 2.75) is 39.7 Å². The minimum atomic E-state index is -0.267. The molecule has 16 heavy (non-hydrogen) atoms. The van der Waals surface area contributed by atoms with Crippen LogP contribution >= 0.6 is 0 Å². The molecule has 0 bridgehead atoms. The molecular weight excluding hydrogens is 200 g/mol. The summed E-state index contributed by atoms with van der Waals surface area (Å²) in [6, 6.07) is 4.23. The molecule has 0 aliphatic carbocycles. The maximum atomic E-state index is 9.24. The van der Waals surface area contributed by atoms with Gasteiger partial charge in [0.05, 0.1) is 17.1 Å². The van der Waals surface area contributed by atoms with E-state index in [0.29, 0.717) is 0 Å². The molecular formula is C13H18N2O. The van der Waals surface area contributed by atoms with Gasteiger partial charge in [-0.25, -0.2) is 4.98 Å². The van der Waals surface area contributed by atoms with Crippen LogP contribution in [0.4, 0.5) is 0 Å². The van der Waals surface area contributed by atoms with E-state index in [1.165, 1.54) is 11.1 Å². The van der Waals surface area contributed by atoms with Crippen LogP contribution in [0.25, 0.3) is 11.0 Å². The molecule has 0 aliphatic heterocycles. The van der Waals surface area contributed by atoms with Gasteiger partial charge in [0, 0.05) is 6.42 Å². The summed E-state index contributed by atoms with van der Waals surface area (Å²) in [4.78, 5) is 7.82. The number of aryl methyl sites for hydroxylation is 3. The van der Waals surface area contributed by atoms with Crippen LogP contribution in [-0.4, -0.2) is 21.2 Å². The monoisotopic (exact) mass is 218 g/mol. The molecule has 2 aromatic rings. The Balaban J connectivity index is 2.29. The number of hydrogen-bond donors (Lipinski definition) is 2. The molecule has 0 fully saturated rings. The third kappa shape index (κ3) is 2.25. The van der Waals surface area contributed by atoms with Gasteiger partial charge in [-0.3, -0.25) is 0 Å². The zero-order chi connectivity index (χ0) is 11.7. The van der Waals surface area contributed by atoms with Crippen molar-refractivity contribution in [3.05, 3.63) is 29.1 Å². The van der Waals surface area contributed by atoms with Crippen LogP contribution in [0.5, 0.6) is 0 Å². The number of aromatic amines is 1. The van der Waals surface area contributed by atoms with Crippen molar-refractivity contribution in [2.24, 2.45) is 0 Å². The second-order valence-corrected chi connectivity index (χ2v) is 4.52. The molecule has 1 atom stereocenters. The van der Waals surface area contributed by atoms with Crippen molar-refractivity contribution >= 4 is 11.0 Å². The topological polar surface area (TPSA) is 48.9 Å². The smallest absolute Gasteiger partial charge is 0.107 e. The summed E-state index contributed by atoms with van der Waals surface area (Å²) in [6.45, 7) is 6.00. The molecule has 1 heterocycles. The Morgan fingerprint density at radius 3 is 2.69 bits per heavy atom. The quantitative estimate of drug-likeness (QED) is 0.831. The van der Waals surface area contributed by atoms with Crippen LogP contribution in [0.1, 0.15) is 30.3 Å². The van der Waals surface area contributed by atoms with Gasteiger partial charge in [0.15, 0.2) is 0 Å². The predicted molar refractivity (Wildman–Crippen MR) is 65.6 cm³/mol. The number of aromatic nitrogens is 2. The minimum absolute atomic E-state index is 0.267. The molecule has 2 N–H and O–H groups in total. The van der Waals surface area contributed by atoms with E-state index in [1.54, 1.807) is 6.92 Å². The van der Waals surface area contributed by atoms with Gasteiger partial charge in [-0.1, -0.05) is 0 Å². The molecule has 0 spiro atoms. The molecule has 3 heteroatoms. The normalized spacial score (nSPS) is 13.2. The van der Waals surface area contributed by atoms with E-state index in [2.05, 4.69) is 35.9 Å². The lowest BCUT2D eigenvalue weighted by atomic mass is 10.1. The number of aliphatic hydroxyl groups excluding tert-OH is 1. The molecule has 1 unspecified atom stereocenters. The standard InChI is InChI=1S/C13H18N2O/c1-8-6-11-12(7-9(8)2)15-13(14-11)5-4-10(3)16/h6-7,10,16H,4-5H2,1-3H3,(H,14,15). The van der Waals surface area contributed by atoms with Gasteiger partial charge in [-0.2, -0.15) is 0 Å². The number of fused-ring (bicyclic) bond motifs is 1. The van der Waals surface area contributed by atoms with E-state index >= 15 is 0 Å². The summed E-state index contributed by atoms with van der Waals surface area (Å²) < 4.78 is 0. The number of nitrogens with one attached hydrogen (secondary N) is 1. The van der Waals surface area contributed by atoms with Crippen LogP contribution in [0.3, 0.4) is 0 Å². The number of nitrogens with zero attached hydrogens (tertiary/aromatic N) is 1. The number of H-pyrrole nitrogens is 1. The number of imidazole rings is 1. The fourth-order valence-corrected chi connectivity index (χ4v) is 1.79. The van der Waals surface area contributed by atoms with E-state index in [9.17, 15) is 5.11 Å². The average molecular weight is 218 g/mol. The second-order valence-electron chi connectivity index (χ2n) is 4.52. The first-order chi connectivity index (χ1) is 7.56. The van der Waals surface area contributed by atoms with E-state index in [1.807, 2.05) is 0 Å². The lowest BCUT2D eigenvalue weighted by molar-refractivity contribution is 0.184. The maximum Gasteiger partial charge on any atom is 0.107 e. The minimum Gasteiger partial charge on any atom is -0.393 e. The van der Waals surface area contributed by atoms with Gasteiger partial charge in [0.1, 0.15) is 5.82 Å². The van der Waals surface area contributed by atoms with Gasteiger partial charge in [-0.15, -0.1) is 0 Å². The van der Waals surface area contributed by atoms with Crippen molar-refractivity contribution < 1.29 is 5.11 Å². The summed E-state index contributed by atoms with van der Waals surface area (Å²) in [7, 11) is 0. The molecule has 0 saturated heterocycles. The van der Waals surface area contributed by atoms with Crippen LogP contribution in [0.15, 0.2) is 12.1 Å². The molecule has 86 valence electrons. The Morgan fingerprint density at radius 2 is 2.00 bits per heavy atom. The van der Waals surface area contributed by atoms with Gasteiger partial charge in [-0.05, 0) is 50.5 Å². The van der Waals surface area contributed by atoms with Crippen molar-refractivity contribution in [1.29, 1.82) is 0 Å². The highest BCUT2D eigenvalue weighted by molar-refractivity contribution is 5.77. The molecule has 0 radical (unpaired) electrons. The first kappa shape index (κ1) is 11.1. The molecule has 0 aliphatic rings. The van der Waals surface area contributed by atoms with Crippen molar-refractivity contribution in [2.75, 3.05) is 0 Å². The Kier molecular flexibility index (Phi) is 2.97. The van der Waals surface area contributed by atoms with E-state index in [0.717, 1.165) is 29.7 Å². The van der Waals surface area contributed by atoms with Gasteiger partial charge < -0.3 is 10.1 Å². The van der Waals surface area contributed by atoms with E-state index in [4.69, 9.17) is 0 Å². The number of aliphatic hydroxyl groups is 1. The zero-order valence-electron chi connectivity index (χ0n) is 10.0. The molecule has 0 saturated carbocycles. The summed E-state index contributed by atoms with van der Waals surface area (Å²) in [6.07, 6.45) is 1.28. The first-order valence-electron chi connectivity index (χ1n) is 5.70. The lowest BCUT2D eigenvalue weighted by Crippen LogP contribution is -2.02. The van der Waals surface area contributed by atoms with Crippen molar-refractivity contribution in [1.82, 2.24) is 9.97 Å². The highest BCUT2D eigenvalue weighted by Crippen LogP contribution is 2.17. The highest BCUT2D eigenvalue weighted by atomic mass is 16.3. The Hall–Kier alpha value is -1.35. The summed E-state index contributed by atoms with van der Waals surface area (Å²) in [5.41, 5.74) is 4.65. The predicted octanol–water partition coefficient (Wildman–Crippen LogP) is 2.49. The Labute approximate surface area is 95.5 Å². The number of rotatable bonds is 3. The molecule has 0 amide bonds. The van der Waals surface area contributed by atoms with Crippen LogP contribution in [-0.2, 0) is 6.42 Å². The average Bonchev–Trinajstić information content (AvgIpc) is 2.58. The van der Waals surface area contributed by atoms with Crippen LogP contribution in [0, 0.1) is 13.8 Å². The second kappa shape index (κ2) is 4.26. The van der Waals surface area contributed by atoms with Crippen molar-refractivity contribution in [3.8, 4) is 0 Å². The summed E-state index contributed by atoms with van der Waals surface area (Å²) >= 11 is 0. The number of benzene rings is 1. The molecule has 1 aromatic heterocycles. The fourth-order valence-electron chi connectivity index (χ4n) is 1.79. The van der Waals surface area contributed by atoms with E-state index < -0.39 is 0 Å². The largest absolute Gasteiger partial charge is 0.393 e. The van der Waals surface area contributed by atoms with Crippen LogP contribution in [0.2, 0.25) is 0 Å². The maximum absolute atomic E-state index is 9.24. The molecule has 1 aromatic carbocycles. The summed E-state index contributed by atoms with van der Waals surface area (Å²) in [5, 5.41) is 9.24. The fraction of sp³-hybridized carbons (Fsp3) is 0.462. The highest BCUT2D eigenvalue weighted by Gasteiger charge is 2.05.